The van der Waals surface area contributed by atoms with E-state index in [9.17, 15) is 14.7 Å². The van der Waals surface area contributed by atoms with Gasteiger partial charge in [0.25, 0.3) is 5.91 Å². The van der Waals surface area contributed by atoms with Crippen molar-refractivity contribution in [2.75, 3.05) is 34.4 Å². The SMILES string of the molecule is C[C@H]1[C@H]([Si](C)(C)F)[C@@H](CCn2cc(C(CO)c3ccccc3)nn2)O[C@]12C(=O)N(Cc1ccc(N3CCCCCCC3=O)cc1)c1ccc(N3CCCCCCC3=O)cc12. The predicted molar refractivity (Wildman–Crippen MR) is 233 cm³/mol. The molecule has 11 nitrogen and oxygen atoms in total. The fraction of sp³-hybridized carbons (Fsp3) is 0.511. The average molecular weight is 835 g/mol. The summed E-state index contributed by atoms with van der Waals surface area (Å²) in [7, 11) is -3.47. The van der Waals surface area contributed by atoms with E-state index in [2.05, 4.69) is 10.3 Å². The molecule has 3 fully saturated rings. The molecule has 13 heteroatoms. The van der Waals surface area contributed by atoms with Gasteiger partial charge in [-0.2, -0.15) is 0 Å². The molecule has 60 heavy (non-hydrogen) atoms. The smallest absolute Gasteiger partial charge is 0.264 e. The molecule has 3 aromatic carbocycles. The number of benzene rings is 3. The van der Waals surface area contributed by atoms with Gasteiger partial charge in [0, 0.05) is 67.1 Å². The Bertz CT molecular complexity index is 2160. The van der Waals surface area contributed by atoms with Gasteiger partial charge in [-0.3, -0.25) is 19.1 Å². The molecule has 8 rings (SSSR count). The van der Waals surface area contributed by atoms with Gasteiger partial charge >= 0.3 is 0 Å². The van der Waals surface area contributed by atoms with Crippen LogP contribution in [0.1, 0.15) is 106 Å². The predicted octanol–water partition coefficient (Wildman–Crippen LogP) is 8.41. The van der Waals surface area contributed by atoms with E-state index in [4.69, 9.17) is 4.74 Å². The van der Waals surface area contributed by atoms with Crippen molar-refractivity contribution < 1.29 is 28.3 Å². The van der Waals surface area contributed by atoms with Crippen LogP contribution >= 0.6 is 0 Å². The number of hydrogen-bond acceptors (Lipinski definition) is 7. The molecule has 1 aromatic heterocycles. The number of ether oxygens (including phenoxy) is 1. The van der Waals surface area contributed by atoms with Crippen LogP contribution in [0.4, 0.5) is 21.2 Å². The first kappa shape index (κ1) is 42.0. The molecule has 0 aliphatic carbocycles. The molecule has 5 atom stereocenters. The lowest BCUT2D eigenvalue weighted by molar-refractivity contribution is -0.146. The number of carbonyl (C=O) groups is 3. The van der Waals surface area contributed by atoms with E-state index in [1.54, 1.807) is 22.7 Å². The van der Waals surface area contributed by atoms with Crippen LogP contribution in [0.3, 0.4) is 0 Å². The number of hydrogen-bond donors (Lipinski definition) is 1. The Balaban J connectivity index is 1.12. The molecule has 318 valence electrons. The summed E-state index contributed by atoms with van der Waals surface area (Å²) in [6, 6.07) is 23.5. The highest BCUT2D eigenvalue weighted by Crippen LogP contribution is 2.61. The molecule has 3 saturated heterocycles. The van der Waals surface area contributed by atoms with Crippen molar-refractivity contribution in [2.24, 2.45) is 5.92 Å². The maximum atomic E-state index is 16.8. The van der Waals surface area contributed by atoms with Crippen LogP contribution in [0.15, 0.2) is 79.0 Å². The van der Waals surface area contributed by atoms with E-state index in [0.29, 0.717) is 55.8 Å². The van der Waals surface area contributed by atoms with Crippen LogP contribution < -0.4 is 14.7 Å². The molecule has 4 aliphatic rings. The second-order valence-corrected chi connectivity index (χ2v) is 21.6. The Kier molecular flexibility index (Phi) is 12.4. The maximum Gasteiger partial charge on any atom is 0.264 e. The number of aromatic nitrogens is 3. The third-order valence-electron chi connectivity index (χ3n) is 13.4. The number of aliphatic hydroxyl groups excluding tert-OH is 1. The summed E-state index contributed by atoms with van der Waals surface area (Å²) < 4.78 is 25.7. The number of carbonyl (C=O) groups excluding carboxylic acids is 3. The molecular weight excluding hydrogens is 776 g/mol. The van der Waals surface area contributed by atoms with Crippen molar-refractivity contribution in [3.05, 3.63) is 101 Å². The van der Waals surface area contributed by atoms with E-state index in [0.717, 1.165) is 73.9 Å². The quantitative estimate of drug-likeness (QED) is 0.119. The summed E-state index contributed by atoms with van der Waals surface area (Å²) in [6.07, 6.45) is 10.5. The molecule has 5 heterocycles. The minimum atomic E-state index is -3.47. The molecule has 3 amide bonds. The lowest BCUT2D eigenvalue weighted by Gasteiger charge is -2.32. The Labute approximate surface area is 354 Å². The first-order valence-corrected chi connectivity index (χ1v) is 25.0. The summed E-state index contributed by atoms with van der Waals surface area (Å²) in [5.41, 5.74) is 3.46. The molecular formula is C47H59FN6O5Si. The third kappa shape index (κ3) is 8.20. The van der Waals surface area contributed by atoms with E-state index >= 15 is 8.90 Å². The number of fused-ring (bicyclic) bond motifs is 2. The highest BCUT2D eigenvalue weighted by Gasteiger charge is 2.66. The Morgan fingerprint density at radius 1 is 0.850 bits per heavy atom. The minimum absolute atomic E-state index is 0.0693. The number of aliphatic hydroxyl groups is 1. The highest BCUT2D eigenvalue weighted by molar-refractivity contribution is 6.72. The highest BCUT2D eigenvalue weighted by atomic mass is 28.4. The molecule has 0 bridgehead atoms. The van der Waals surface area contributed by atoms with Crippen LogP contribution in [-0.2, 0) is 37.8 Å². The zero-order valence-corrected chi connectivity index (χ0v) is 36.3. The van der Waals surface area contributed by atoms with Crippen LogP contribution in [-0.4, -0.2) is 72.0 Å². The zero-order chi connectivity index (χ0) is 42.0. The fourth-order valence-corrected chi connectivity index (χ4v) is 12.9. The summed E-state index contributed by atoms with van der Waals surface area (Å²) in [5.74, 6) is -0.857. The van der Waals surface area contributed by atoms with Gasteiger partial charge < -0.3 is 28.7 Å². The van der Waals surface area contributed by atoms with Gasteiger partial charge in [0.15, 0.2) is 5.60 Å². The van der Waals surface area contributed by atoms with Gasteiger partial charge in [-0.25, -0.2) is 0 Å². The first-order chi connectivity index (χ1) is 29.0. The van der Waals surface area contributed by atoms with Crippen LogP contribution in [0.25, 0.3) is 0 Å². The van der Waals surface area contributed by atoms with Gasteiger partial charge in [-0.15, -0.1) is 5.10 Å². The summed E-state index contributed by atoms with van der Waals surface area (Å²) in [5, 5.41) is 19.1. The lowest BCUT2D eigenvalue weighted by atomic mass is 9.82. The van der Waals surface area contributed by atoms with Crippen molar-refractivity contribution in [1.29, 1.82) is 0 Å². The second kappa shape index (κ2) is 17.7. The topological polar surface area (TPSA) is 121 Å². The van der Waals surface area contributed by atoms with Gasteiger partial charge in [0.1, 0.15) is 0 Å². The number of anilines is 3. The first-order valence-electron chi connectivity index (χ1n) is 22.1. The zero-order valence-electron chi connectivity index (χ0n) is 35.3. The van der Waals surface area contributed by atoms with Crippen LogP contribution in [0.2, 0.25) is 18.6 Å². The van der Waals surface area contributed by atoms with Crippen LogP contribution in [0, 0.1) is 5.92 Å². The Morgan fingerprint density at radius 3 is 2.13 bits per heavy atom. The van der Waals surface area contributed by atoms with E-state index in [1.807, 2.05) is 95.7 Å². The van der Waals surface area contributed by atoms with E-state index in [-0.39, 0.29) is 36.8 Å². The van der Waals surface area contributed by atoms with Crippen LogP contribution in [0.5, 0.6) is 0 Å². The molecule has 4 aromatic rings. The maximum absolute atomic E-state index is 16.8. The summed E-state index contributed by atoms with van der Waals surface area (Å²) in [4.78, 5) is 47.4. The van der Waals surface area contributed by atoms with Crippen molar-refractivity contribution in [3.8, 4) is 0 Å². The molecule has 1 unspecified atom stereocenters. The second-order valence-electron chi connectivity index (χ2n) is 17.8. The Morgan fingerprint density at radius 2 is 1.48 bits per heavy atom. The van der Waals surface area contributed by atoms with Crippen molar-refractivity contribution in [1.82, 2.24) is 15.0 Å². The average Bonchev–Trinajstić information content (AvgIpc) is 3.88. The third-order valence-corrected chi connectivity index (χ3v) is 15.9. The van der Waals surface area contributed by atoms with Gasteiger partial charge in [0.05, 0.1) is 36.6 Å². The number of nitrogens with zero attached hydrogens (tertiary/aromatic N) is 6. The number of aryl methyl sites for hydroxylation is 1. The van der Waals surface area contributed by atoms with Crippen molar-refractivity contribution >= 4 is 43.2 Å². The molecule has 0 saturated carbocycles. The van der Waals surface area contributed by atoms with Crippen molar-refractivity contribution in [3.63, 3.8) is 0 Å². The van der Waals surface area contributed by atoms with Gasteiger partial charge in [-0.05, 0) is 86.7 Å². The molecule has 4 aliphatic heterocycles. The molecule has 1 spiro atoms. The monoisotopic (exact) mass is 834 g/mol. The minimum Gasteiger partial charge on any atom is -0.395 e. The largest absolute Gasteiger partial charge is 0.395 e. The number of amides is 3. The summed E-state index contributed by atoms with van der Waals surface area (Å²) in [6.45, 7) is 7.19. The normalized spacial score (nSPS) is 24.6. The Hall–Kier alpha value is -4.72. The molecule has 0 radical (unpaired) electrons. The van der Waals surface area contributed by atoms with Gasteiger partial charge in [-0.1, -0.05) is 80.3 Å². The number of rotatable bonds is 11. The standard InChI is InChI=1S/C47H59FN6O5Si/c1-33-45(60(2,3)48)42(25-28-51-31-40(49-50-51)38(32-55)35-15-9-8-10-16-35)59-47(33)39-29-37(53-27-14-7-5-12-18-44(53)57)23-24-41(39)54(46(47)58)30-34-19-21-36(22-20-34)52-26-13-6-4-11-17-43(52)56/h8-10,15-16,19-24,29,31,33,38,42,45,55H,4-7,11-14,17-18,25-28,30,32H2,1-3H3/t33-,38?,42+,45-,47+/m0/s1. The van der Waals surface area contributed by atoms with Crippen molar-refractivity contribution in [2.45, 2.75) is 127 Å². The van der Waals surface area contributed by atoms with Gasteiger partial charge in [0.2, 0.25) is 20.2 Å². The van der Waals surface area contributed by atoms with E-state index in [1.165, 1.54) is 0 Å². The summed E-state index contributed by atoms with van der Waals surface area (Å²) >= 11 is 0. The number of halogens is 1. The lowest BCUT2D eigenvalue weighted by Crippen LogP contribution is -2.45. The molecule has 1 N–H and O–H groups in total. The fourth-order valence-electron chi connectivity index (χ4n) is 10.4. The van der Waals surface area contributed by atoms with E-state index < -0.39 is 31.6 Å².